The van der Waals surface area contributed by atoms with Crippen molar-refractivity contribution in [3.8, 4) is 10.4 Å². The van der Waals surface area contributed by atoms with Crippen LogP contribution in [-0.4, -0.2) is 16.2 Å². The van der Waals surface area contributed by atoms with E-state index in [2.05, 4.69) is 40.5 Å². The Morgan fingerprint density at radius 2 is 2.00 bits per heavy atom. The predicted octanol–water partition coefficient (Wildman–Crippen LogP) is 5.73. The number of hydrogen-bond acceptors (Lipinski definition) is 6. The van der Waals surface area contributed by atoms with Gasteiger partial charge in [-0.15, -0.1) is 34.4 Å². The summed E-state index contributed by atoms with van der Waals surface area (Å²) in [6, 6.07) is 12.5. The molecule has 4 aromatic rings. The van der Waals surface area contributed by atoms with Gasteiger partial charge in [-0.1, -0.05) is 30.0 Å². The zero-order valence-corrected chi connectivity index (χ0v) is 16.6. The van der Waals surface area contributed by atoms with Crippen LogP contribution in [0.3, 0.4) is 0 Å². The molecule has 0 aliphatic carbocycles. The summed E-state index contributed by atoms with van der Waals surface area (Å²) in [6.45, 7) is 0. The number of benzene rings is 1. The van der Waals surface area contributed by atoms with Crippen molar-refractivity contribution < 1.29 is 0 Å². The van der Waals surface area contributed by atoms with Crippen molar-refractivity contribution in [2.45, 2.75) is 15.8 Å². The topological polar surface area (TPSA) is 45.8 Å². The lowest BCUT2D eigenvalue weighted by molar-refractivity contribution is 0.980. The van der Waals surface area contributed by atoms with E-state index in [1.807, 2.05) is 22.9 Å². The molecule has 0 amide bonds. The third-order valence-corrected chi connectivity index (χ3v) is 7.21. The minimum Gasteiger partial charge on any atom is -0.301 e. The van der Waals surface area contributed by atoms with E-state index in [0.29, 0.717) is 10.5 Å². The number of fused-ring (bicyclic) bond motifs is 1. The summed E-state index contributed by atoms with van der Waals surface area (Å²) in [4.78, 5) is 23.3. The molecule has 25 heavy (non-hydrogen) atoms. The second-order valence-electron chi connectivity index (χ2n) is 5.31. The van der Waals surface area contributed by atoms with Gasteiger partial charge in [-0.3, -0.25) is 4.79 Å². The quantitative estimate of drug-likeness (QED) is 0.342. The first kappa shape index (κ1) is 16.9. The van der Waals surface area contributed by atoms with Crippen LogP contribution in [0, 0.1) is 0 Å². The molecule has 3 nitrogen and oxygen atoms in total. The first-order valence-electron chi connectivity index (χ1n) is 7.56. The Morgan fingerprint density at radius 1 is 1.16 bits per heavy atom. The third-order valence-electron chi connectivity index (χ3n) is 3.74. The highest BCUT2D eigenvalue weighted by Gasteiger charge is 2.13. The highest BCUT2D eigenvalue weighted by atomic mass is 32.2. The highest BCUT2D eigenvalue weighted by Crippen LogP contribution is 2.34. The molecule has 3 aromatic heterocycles. The molecular formula is C18H14N2OS4. The molecule has 0 atom stereocenters. The molecular weight excluding hydrogens is 388 g/mol. The molecule has 0 fully saturated rings. The van der Waals surface area contributed by atoms with Gasteiger partial charge in [0.15, 0.2) is 5.16 Å². The average Bonchev–Trinajstić information content (AvgIpc) is 3.29. The van der Waals surface area contributed by atoms with Crippen LogP contribution in [-0.2, 0) is 5.75 Å². The lowest BCUT2D eigenvalue weighted by Gasteiger charge is -2.03. The number of nitrogens with one attached hydrogen (secondary N) is 1. The summed E-state index contributed by atoms with van der Waals surface area (Å²) < 4.78 is 0. The predicted molar refractivity (Wildman–Crippen MR) is 111 cm³/mol. The van der Waals surface area contributed by atoms with Crippen LogP contribution in [0.15, 0.2) is 62.0 Å². The minimum atomic E-state index is -0.0603. The molecule has 3 heterocycles. The zero-order chi connectivity index (χ0) is 17.2. The lowest BCUT2D eigenvalue weighted by Crippen LogP contribution is -2.08. The molecule has 1 N–H and O–H groups in total. The number of aromatic nitrogens is 2. The van der Waals surface area contributed by atoms with E-state index in [0.717, 1.165) is 21.0 Å². The fourth-order valence-corrected chi connectivity index (χ4v) is 5.53. The van der Waals surface area contributed by atoms with E-state index < -0.39 is 0 Å². The molecule has 0 saturated carbocycles. The first-order chi connectivity index (χ1) is 12.2. The molecule has 7 heteroatoms. The van der Waals surface area contributed by atoms with Crippen molar-refractivity contribution in [3.05, 3.63) is 63.1 Å². The molecule has 0 aliphatic heterocycles. The molecule has 0 radical (unpaired) electrons. The Labute approximate surface area is 161 Å². The van der Waals surface area contributed by atoms with Crippen molar-refractivity contribution in [3.63, 3.8) is 0 Å². The Kier molecular flexibility index (Phi) is 4.98. The van der Waals surface area contributed by atoms with Gasteiger partial charge in [0, 0.05) is 26.5 Å². The number of hydrogen-bond donors (Lipinski definition) is 1. The van der Waals surface area contributed by atoms with Crippen LogP contribution in [0.1, 0.15) is 5.56 Å². The van der Waals surface area contributed by atoms with Crippen molar-refractivity contribution in [1.82, 2.24) is 9.97 Å². The van der Waals surface area contributed by atoms with Gasteiger partial charge >= 0.3 is 0 Å². The Hall–Kier alpha value is -1.54. The number of nitrogens with zero attached hydrogens (tertiary/aromatic N) is 1. The summed E-state index contributed by atoms with van der Waals surface area (Å²) >= 11 is 6.46. The van der Waals surface area contributed by atoms with Gasteiger partial charge in [-0.05, 0) is 35.4 Å². The van der Waals surface area contributed by atoms with E-state index in [9.17, 15) is 4.79 Å². The number of rotatable bonds is 5. The second-order valence-corrected chi connectivity index (χ2v) is 8.96. The van der Waals surface area contributed by atoms with Gasteiger partial charge in [0.1, 0.15) is 4.83 Å². The van der Waals surface area contributed by atoms with Gasteiger partial charge in [-0.25, -0.2) is 4.98 Å². The number of thioether (sulfide) groups is 2. The molecule has 0 aliphatic rings. The van der Waals surface area contributed by atoms with E-state index >= 15 is 0 Å². The Morgan fingerprint density at radius 3 is 2.72 bits per heavy atom. The zero-order valence-electron chi connectivity index (χ0n) is 13.3. The standard InChI is InChI=1S/C18H14N2OS4/c1-22-12-6-4-11(5-7-12)9-25-18-19-16(21)15-13(10-24-17(15)20-18)14-3-2-8-23-14/h2-8,10H,9H2,1H3,(H,19,20,21). The molecule has 0 unspecified atom stereocenters. The fraction of sp³-hybridized carbons (Fsp3) is 0.111. The first-order valence-corrected chi connectivity index (χ1v) is 11.5. The normalized spacial score (nSPS) is 11.2. The Bertz CT molecular complexity index is 1050. The number of thiophene rings is 2. The fourth-order valence-electron chi connectivity index (χ4n) is 2.48. The monoisotopic (exact) mass is 402 g/mol. The average molecular weight is 403 g/mol. The molecule has 126 valence electrons. The molecule has 1 aromatic carbocycles. The van der Waals surface area contributed by atoms with Crippen LogP contribution < -0.4 is 5.56 Å². The number of aromatic amines is 1. The maximum Gasteiger partial charge on any atom is 0.260 e. The molecule has 0 saturated heterocycles. The van der Waals surface area contributed by atoms with Gasteiger partial charge in [-0.2, -0.15) is 0 Å². The van der Waals surface area contributed by atoms with Crippen molar-refractivity contribution in [2.75, 3.05) is 6.26 Å². The summed E-state index contributed by atoms with van der Waals surface area (Å²) in [5.74, 6) is 0.784. The van der Waals surface area contributed by atoms with E-state index in [-0.39, 0.29) is 5.56 Å². The third kappa shape index (κ3) is 3.55. The SMILES string of the molecule is CSc1ccc(CSc2nc3scc(-c4cccs4)c3c(=O)[nH]2)cc1. The van der Waals surface area contributed by atoms with Crippen LogP contribution in [0.2, 0.25) is 0 Å². The Balaban J connectivity index is 1.60. The molecule has 0 spiro atoms. The van der Waals surface area contributed by atoms with Gasteiger partial charge in [0.2, 0.25) is 0 Å². The maximum atomic E-state index is 12.6. The van der Waals surface area contributed by atoms with Gasteiger partial charge < -0.3 is 4.98 Å². The van der Waals surface area contributed by atoms with Crippen LogP contribution in [0.5, 0.6) is 0 Å². The van der Waals surface area contributed by atoms with Crippen LogP contribution in [0.4, 0.5) is 0 Å². The number of H-pyrrole nitrogens is 1. The van der Waals surface area contributed by atoms with E-state index in [1.165, 1.54) is 21.8 Å². The van der Waals surface area contributed by atoms with E-state index in [1.54, 1.807) is 34.9 Å². The van der Waals surface area contributed by atoms with Gasteiger partial charge in [0.25, 0.3) is 5.56 Å². The summed E-state index contributed by atoms with van der Waals surface area (Å²) in [5.41, 5.74) is 2.14. The second kappa shape index (κ2) is 7.37. The maximum absolute atomic E-state index is 12.6. The summed E-state index contributed by atoms with van der Waals surface area (Å²) in [7, 11) is 0. The minimum absolute atomic E-state index is 0.0603. The van der Waals surface area contributed by atoms with E-state index in [4.69, 9.17) is 0 Å². The van der Waals surface area contributed by atoms with Crippen LogP contribution in [0.25, 0.3) is 20.7 Å². The summed E-state index contributed by atoms with van der Waals surface area (Å²) in [5, 5.41) is 5.41. The van der Waals surface area contributed by atoms with Crippen molar-refractivity contribution >= 4 is 56.4 Å². The largest absolute Gasteiger partial charge is 0.301 e. The lowest BCUT2D eigenvalue weighted by atomic mass is 10.2. The summed E-state index contributed by atoms with van der Waals surface area (Å²) in [6.07, 6.45) is 2.07. The molecule has 4 rings (SSSR count). The van der Waals surface area contributed by atoms with Crippen molar-refractivity contribution in [1.29, 1.82) is 0 Å². The van der Waals surface area contributed by atoms with Crippen molar-refractivity contribution in [2.24, 2.45) is 0 Å². The highest BCUT2D eigenvalue weighted by molar-refractivity contribution is 7.98. The smallest absolute Gasteiger partial charge is 0.260 e. The van der Waals surface area contributed by atoms with Gasteiger partial charge in [0.05, 0.1) is 5.39 Å². The van der Waals surface area contributed by atoms with Crippen LogP contribution >= 0.6 is 46.2 Å². The molecule has 0 bridgehead atoms.